The Morgan fingerprint density at radius 2 is 1.62 bits per heavy atom. The van der Waals surface area contributed by atoms with Gasteiger partial charge in [-0.2, -0.15) is 13.2 Å². The zero-order valence-electron chi connectivity index (χ0n) is 17.1. The average molecular weight is 443 g/mol. The van der Waals surface area contributed by atoms with Crippen LogP contribution in [0.5, 0.6) is 5.75 Å². The van der Waals surface area contributed by atoms with Crippen LogP contribution < -0.4 is 10.1 Å². The van der Waals surface area contributed by atoms with Gasteiger partial charge in [0, 0.05) is 17.7 Å². The maximum absolute atomic E-state index is 13.0. The van der Waals surface area contributed by atoms with Crippen molar-refractivity contribution in [2.45, 2.75) is 19.1 Å². The number of ether oxygens (including phenoxy) is 1. The van der Waals surface area contributed by atoms with E-state index in [1.807, 2.05) is 0 Å². The fourth-order valence-corrected chi connectivity index (χ4v) is 3.37. The Hall–Kier alpha value is -3.81. The predicted molar refractivity (Wildman–Crippen MR) is 112 cm³/mol. The van der Waals surface area contributed by atoms with E-state index in [9.17, 15) is 27.9 Å². The first-order valence-electron chi connectivity index (χ1n) is 9.62. The highest BCUT2D eigenvalue weighted by Crippen LogP contribution is 2.38. The van der Waals surface area contributed by atoms with Crippen LogP contribution >= 0.6 is 0 Å². The second-order valence-electron chi connectivity index (χ2n) is 6.97. The van der Waals surface area contributed by atoms with Crippen LogP contribution in [0.15, 0.2) is 66.7 Å². The van der Waals surface area contributed by atoms with Crippen molar-refractivity contribution in [2.75, 3.05) is 7.11 Å². The largest absolute Gasteiger partial charge is 0.496 e. The number of carboxylic acids is 1. The number of carboxylic acid groups (broad SMARTS) is 1. The van der Waals surface area contributed by atoms with Gasteiger partial charge in [-0.1, -0.05) is 36.4 Å². The van der Waals surface area contributed by atoms with Crippen molar-refractivity contribution < 1.29 is 32.6 Å². The number of nitrogens with one attached hydrogen (secondary N) is 1. The minimum Gasteiger partial charge on any atom is -0.496 e. The van der Waals surface area contributed by atoms with E-state index < -0.39 is 17.7 Å². The van der Waals surface area contributed by atoms with E-state index in [1.165, 1.54) is 19.2 Å². The number of aliphatic carboxylic acids is 1. The van der Waals surface area contributed by atoms with Crippen molar-refractivity contribution in [1.82, 2.24) is 5.32 Å². The number of methoxy groups -OCH3 is 1. The highest BCUT2D eigenvalue weighted by atomic mass is 19.4. The quantitative estimate of drug-likeness (QED) is 0.543. The SMILES string of the molecule is COc1ccc(CC(=O)O)c(CNC(=O)c2ccccc2)c1-c1ccc(C(F)(F)F)cc1. The van der Waals surface area contributed by atoms with Crippen molar-refractivity contribution in [2.24, 2.45) is 0 Å². The normalized spacial score (nSPS) is 11.1. The number of carbonyl (C=O) groups excluding carboxylic acids is 1. The lowest BCUT2D eigenvalue weighted by Gasteiger charge is -2.19. The molecule has 0 heterocycles. The van der Waals surface area contributed by atoms with Crippen molar-refractivity contribution >= 4 is 11.9 Å². The first-order chi connectivity index (χ1) is 15.2. The molecule has 0 unspecified atom stereocenters. The van der Waals surface area contributed by atoms with E-state index >= 15 is 0 Å². The van der Waals surface area contributed by atoms with Gasteiger partial charge in [0.1, 0.15) is 5.75 Å². The molecule has 0 fully saturated rings. The van der Waals surface area contributed by atoms with E-state index in [-0.39, 0.29) is 18.9 Å². The molecule has 0 saturated carbocycles. The number of alkyl halides is 3. The van der Waals surface area contributed by atoms with Crippen LogP contribution in [0.4, 0.5) is 13.2 Å². The summed E-state index contributed by atoms with van der Waals surface area (Å²) >= 11 is 0. The van der Waals surface area contributed by atoms with Crippen LogP contribution in [0.3, 0.4) is 0 Å². The zero-order chi connectivity index (χ0) is 23.3. The molecule has 0 aromatic heterocycles. The number of hydrogen-bond donors (Lipinski definition) is 2. The molecule has 0 aliphatic rings. The molecule has 0 spiro atoms. The molecular weight excluding hydrogens is 423 g/mol. The number of carbonyl (C=O) groups is 2. The van der Waals surface area contributed by atoms with Crippen LogP contribution in [0, 0.1) is 0 Å². The minimum absolute atomic E-state index is 0.0378. The van der Waals surface area contributed by atoms with Gasteiger partial charge >= 0.3 is 12.1 Å². The Labute approximate surface area is 182 Å². The lowest BCUT2D eigenvalue weighted by molar-refractivity contribution is -0.138. The highest BCUT2D eigenvalue weighted by molar-refractivity contribution is 5.94. The van der Waals surface area contributed by atoms with Crippen LogP contribution in [-0.2, 0) is 23.9 Å². The molecule has 0 atom stereocenters. The third-order valence-corrected chi connectivity index (χ3v) is 4.90. The lowest BCUT2D eigenvalue weighted by atomic mass is 9.92. The van der Waals surface area contributed by atoms with Gasteiger partial charge < -0.3 is 15.2 Å². The van der Waals surface area contributed by atoms with Gasteiger partial charge in [0.15, 0.2) is 0 Å². The van der Waals surface area contributed by atoms with Crippen molar-refractivity contribution in [3.8, 4) is 16.9 Å². The summed E-state index contributed by atoms with van der Waals surface area (Å²) in [5.74, 6) is -1.10. The maximum Gasteiger partial charge on any atom is 0.416 e. The van der Waals surface area contributed by atoms with Crippen molar-refractivity contribution in [1.29, 1.82) is 0 Å². The number of halogens is 3. The van der Waals surface area contributed by atoms with E-state index in [2.05, 4.69) is 5.32 Å². The third-order valence-electron chi connectivity index (χ3n) is 4.90. The van der Waals surface area contributed by atoms with Gasteiger partial charge in [-0.05, 0) is 47.0 Å². The first-order valence-corrected chi connectivity index (χ1v) is 9.62. The van der Waals surface area contributed by atoms with Crippen LogP contribution in [0.1, 0.15) is 27.0 Å². The van der Waals surface area contributed by atoms with Crippen molar-refractivity contribution in [3.63, 3.8) is 0 Å². The molecule has 3 aromatic carbocycles. The molecule has 3 aromatic rings. The van der Waals surface area contributed by atoms with Gasteiger partial charge in [-0.3, -0.25) is 9.59 Å². The van der Waals surface area contributed by atoms with Gasteiger partial charge in [-0.15, -0.1) is 0 Å². The molecule has 3 rings (SSSR count). The highest BCUT2D eigenvalue weighted by Gasteiger charge is 2.30. The molecule has 0 aliphatic heterocycles. The van der Waals surface area contributed by atoms with Gasteiger partial charge in [0.05, 0.1) is 19.1 Å². The minimum atomic E-state index is -4.49. The molecule has 0 saturated heterocycles. The zero-order valence-corrected chi connectivity index (χ0v) is 17.1. The maximum atomic E-state index is 13.0. The molecule has 32 heavy (non-hydrogen) atoms. The molecule has 5 nitrogen and oxygen atoms in total. The fourth-order valence-electron chi connectivity index (χ4n) is 3.37. The summed E-state index contributed by atoms with van der Waals surface area (Å²) in [6, 6.07) is 16.1. The Bertz CT molecular complexity index is 1110. The number of benzene rings is 3. The van der Waals surface area contributed by atoms with E-state index in [0.717, 1.165) is 12.1 Å². The van der Waals surface area contributed by atoms with Gasteiger partial charge in [-0.25, -0.2) is 0 Å². The molecular formula is C24H20F3NO4. The molecule has 0 bridgehead atoms. The molecule has 0 radical (unpaired) electrons. The Balaban J connectivity index is 2.06. The smallest absolute Gasteiger partial charge is 0.416 e. The van der Waals surface area contributed by atoms with Gasteiger partial charge in [0.25, 0.3) is 5.91 Å². The Kier molecular flexibility index (Phi) is 6.82. The lowest BCUT2D eigenvalue weighted by Crippen LogP contribution is -2.24. The summed E-state index contributed by atoms with van der Waals surface area (Å²) in [7, 11) is 1.41. The Morgan fingerprint density at radius 1 is 0.969 bits per heavy atom. The topological polar surface area (TPSA) is 75.6 Å². The molecule has 8 heteroatoms. The number of amides is 1. The second kappa shape index (κ2) is 9.55. The summed E-state index contributed by atoms with van der Waals surface area (Å²) in [6.07, 6.45) is -4.81. The number of hydrogen-bond acceptors (Lipinski definition) is 3. The van der Waals surface area contributed by atoms with E-state index in [1.54, 1.807) is 42.5 Å². The standard InChI is InChI=1S/C24H20F3NO4/c1-32-20-12-9-17(13-21(29)30)19(14-28-23(31)16-5-3-2-4-6-16)22(20)15-7-10-18(11-8-15)24(25,26)27/h2-12H,13-14H2,1H3,(H,28,31)(H,29,30). The Morgan fingerprint density at radius 3 is 2.19 bits per heavy atom. The molecule has 1 amide bonds. The number of rotatable bonds is 7. The van der Waals surface area contributed by atoms with Crippen molar-refractivity contribution in [3.05, 3.63) is 89.0 Å². The first kappa shape index (κ1) is 22.9. The molecule has 166 valence electrons. The summed E-state index contributed by atoms with van der Waals surface area (Å²) in [4.78, 5) is 23.9. The fraction of sp³-hybridized carbons (Fsp3) is 0.167. The summed E-state index contributed by atoms with van der Waals surface area (Å²) in [6.45, 7) is -0.0378. The second-order valence-corrected chi connectivity index (χ2v) is 6.97. The van der Waals surface area contributed by atoms with Gasteiger partial charge in [0.2, 0.25) is 0 Å². The monoisotopic (exact) mass is 443 g/mol. The van der Waals surface area contributed by atoms with E-state index in [4.69, 9.17) is 4.74 Å². The average Bonchev–Trinajstić information content (AvgIpc) is 2.77. The third kappa shape index (κ3) is 5.26. The van der Waals surface area contributed by atoms with Crippen LogP contribution in [0.2, 0.25) is 0 Å². The summed E-state index contributed by atoms with van der Waals surface area (Å²) in [5, 5.41) is 12.1. The van der Waals surface area contributed by atoms with Crippen LogP contribution in [-0.4, -0.2) is 24.1 Å². The predicted octanol–water partition coefficient (Wildman–Crippen LogP) is 4.94. The molecule has 0 aliphatic carbocycles. The van der Waals surface area contributed by atoms with Crippen LogP contribution in [0.25, 0.3) is 11.1 Å². The summed E-state index contributed by atoms with van der Waals surface area (Å²) < 4.78 is 44.4. The summed E-state index contributed by atoms with van der Waals surface area (Å²) in [5.41, 5.74) is 1.32. The molecule has 2 N–H and O–H groups in total. The van der Waals surface area contributed by atoms with E-state index in [0.29, 0.717) is 33.6 Å².